The monoisotopic (exact) mass is 225 g/mol. The summed E-state index contributed by atoms with van der Waals surface area (Å²) >= 11 is 0. The van der Waals surface area contributed by atoms with Crippen molar-refractivity contribution in [3.8, 4) is 11.3 Å². The number of benzene rings is 1. The fourth-order valence-electron chi connectivity index (χ4n) is 1.98. The highest BCUT2D eigenvalue weighted by atomic mass is 16.1. The molecule has 0 saturated heterocycles. The number of hydrogen-bond donors (Lipinski definition) is 1. The van der Waals surface area contributed by atoms with Gasteiger partial charge in [-0.3, -0.25) is 9.48 Å². The maximum absolute atomic E-state index is 11.9. The zero-order valence-electron chi connectivity index (χ0n) is 9.34. The molecule has 2 heterocycles. The van der Waals surface area contributed by atoms with Crippen LogP contribution in [-0.2, 0) is 7.05 Å². The minimum atomic E-state index is -0.110. The number of aryl methyl sites for hydroxylation is 1. The normalized spacial score (nSPS) is 10.9. The Morgan fingerprint density at radius 1 is 1.24 bits per heavy atom. The smallest absolute Gasteiger partial charge is 0.274 e. The van der Waals surface area contributed by atoms with Crippen molar-refractivity contribution in [2.45, 2.75) is 0 Å². The number of pyridine rings is 1. The van der Waals surface area contributed by atoms with E-state index < -0.39 is 0 Å². The van der Waals surface area contributed by atoms with Gasteiger partial charge in [0.05, 0.1) is 6.20 Å². The predicted octanol–water partition coefficient (Wildman–Crippen LogP) is 1.93. The van der Waals surface area contributed by atoms with Gasteiger partial charge in [-0.2, -0.15) is 5.10 Å². The van der Waals surface area contributed by atoms with Crippen LogP contribution < -0.4 is 5.56 Å². The predicted molar refractivity (Wildman–Crippen MR) is 66.8 cm³/mol. The first kappa shape index (κ1) is 9.84. The van der Waals surface area contributed by atoms with E-state index in [2.05, 4.69) is 10.1 Å². The molecule has 2 aromatic heterocycles. The van der Waals surface area contributed by atoms with E-state index in [0.29, 0.717) is 5.52 Å². The van der Waals surface area contributed by atoms with E-state index in [9.17, 15) is 4.79 Å². The van der Waals surface area contributed by atoms with E-state index in [1.807, 2.05) is 36.4 Å². The summed E-state index contributed by atoms with van der Waals surface area (Å²) in [6.07, 6.45) is 1.71. The molecule has 84 valence electrons. The van der Waals surface area contributed by atoms with E-state index >= 15 is 0 Å². The lowest BCUT2D eigenvalue weighted by Crippen LogP contribution is -2.10. The van der Waals surface area contributed by atoms with Gasteiger partial charge in [0.15, 0.2) is 0 Å². The van der Waals surface area contributed by atoms with Gasteiger partial charge in [-0.25, -0.2) is 0 Å². The standard InChI is InChI=1S/C13H11N3O/c1-16-12-10(8-14-16)7-11(15-13(12)17)9-5-3-2-4-6-9/h2-8H,1H3,(H,15,17). The van der Waals surface area contributed by atoms with E-state index in [1.165, 1.54) is 0 Å². The van der Waals surface area contributed by atoms with Gasteiger partial charge in [-0.15, -0.1) is 0 Å². The number of nitrogens with zero attached hydrogens (tertiary/aromatic N) is 2. The molecule has 4 heteroatoms. The van der Waals surface area contributed by atoms with Gasteiger partial charge >= 0.3 is 0 Å². The fraction of sp³-hybridized carbons (Fsp3) is 0.0769. The highest BCUT2D eigenvalue weighted by Gasteiger charge is 2.07. The lowest BCUT2D eigenvalue weighted by atomic mass is 10.1. The second-order valence-corrected chi connectivity index (χ2v) is 3.95. The first-order valence-corrected chi connectivity index (χ1v) is 5.36. The minimum absolute atomic E-state index is 0.110. The van der Waals surface area contributed by atoms with Crippen LogP contribution in [0.15, 0.2) is 47.4 Å². The van der Waals surface area contributed by atoms with Crippen LogP contribution in [0, 0.1) is 0 Å². The highest BCUT2D eigenvalue weighted by Crippen LogP contribution is 2.18. The number of fused-ring (bicyclic) bond motifs is 1. The van der Waals surface area contributed by atoms with E-state index in [4.69, 9.17) is 0 Å². The average Bonchev–Trinajstić information content (AvgIpc) is 2.73. The molecule has 3 rings (SSSR count). The summed E-state index contributed by atoms with van der Waals surface area (Å²) in [6, 6.07) is 11.7. The molecule has 0 aliphatic heterocycles. The molecule has 4 nitrogen and oxygen atoms in total. The lowest BCUT2D eigenvalue weighted by molar-refractivity contribution is 0.792. The van der Waals surface area contributed by atoms with Gasteiger partial charge in [0.25, 0.3) is 5.56 Å². The Morgan fingerprint density at radius 2 is 2.00 bits per heavy atom. The lowest BCUT2D eigenvalue weighted by Gasteiger charge is -2.01. The van der Waals surface area contributed by atoms with Gasteiger partial charge in [0.2, 0.25) is 0 Å². The Kier molecular flexibility index (Phi) is 2.08. The Labute approximate surface area is 97.5 Å². The summed E-state index contributed by atoms with van der Waals surface area (Å²) in [6.45, 7) is 0. The van der Waals surface area contributed by atoms with Crippen molar-refractivity contribution in [3.05, 3.63) is 52.9 Å². The summed E-state index contributed by atoms with van der Waals surface area (Å²) in [5, 5.41) is 4.94. The third kappa shape index (κ3) is 1.54. The maximum atomic E-state index is 11.9. The molecule has 0 atom stereocenters. The molecular formula is C13H11N3O. The van der Waals surface area contributed by atoms with E-state index in [-0.39, 0.29) is 5.56 Å². The second kappa shape index (κ2) is 3.59. The first-order valence-electron chi connectivity index (χ1n) is 5.36. The molecule has 0 amide bonds. The largest absolute Gasteiger partial charge is 0.320 e. The zero-order valence-corrected chi connectivity index (χ0v) is 9.34. The first-order chi connectivity index (χ1) is 8.25. The molecule has 0 radical (unpaired) electrons. The molecular weight excluding hydrogens is 214 g/mol. The van der Waals surface area contributed by atoms with Crippen LogP contribution in [0.5, 0.6) is 0 Å². The highest BCUT2D eigenvalue weighted by molar-refractivity contribution is 5.81. The topological polar surface area (TPSA) is 50.7 Å². The molecule has 0 unspecified atom stereocenters. The summed E-state index contributed by atoms with van der Waals surface area (Å²) < 4.78 is 1.59. The molecule has 1 aromatic carbocycles. The molecule has 1 N–H and O–H groups in total. The van der Waals surface area contributed by atoms with Gasteiger partial charge in [-0.05, 0) is 11.6 Å². The van der Waals surface area contributed by atoms with Crippen LogP contribution in [0.3, 0.4) is 0 Å². The number of H-pyrrole nitrogens is 1. The third-order valence-corrected chi connectivity index (χ3v) is 2.81. The molecule has 0 fully saturated rings. The SMILES string of the molecule is Cn1ncc2cc(-c3ccccc3)[nH]c(=O)c21. The molecule has 0 aliphatic carbocycles. The quantitative estimate of drug-likeness (QED) is 0.688. The number of hydrogen-bond acceptors (Lipinski definition) is 2. The second-order valence-electron chi connectivity index (χ2n) is 3.95. The van der Waals surface area contributed by atoms with Gasteiger partial charge < -0.3 is 4.98 Å². The van der Waals surface area contributed by atoms with Crippen LogP contribution in [0.4, 0.5) is 0 Å². The fourth-order valence-corrected chi connectivity index (χ4v) is 1.98. The average molecular weight is 225 g/mol. The number of aromatic amines is 1. The molecule has 0 saturated carbocycles. The minimum Gasteiger partial charge on any atom is -0.320 e. The van der Waals surface area contributed by atoms with Crippen LogP contribution in [0.25, 0.3) is 22.2 Å². The van der Waals surface area contributed by atoms with Crippen LogP contribution >= 0.6 is 0 Å². The Hall–Kier alpha value is -2.36. The maximum Gasteiger partial charge on any atom is 0.274 e. The summed E-state index contributed by atoms with van der Waals surface area (Å²) in [7, 11) is 1.76. The van der Waals surface area contributed by atoms with E-state index in [1.54, 1.807) is 17.9 Å². The Bertz CT molecular complexity index is 725. The molecule has 3 aromatic rings. The third-order valence-electron chi connectivity index (χ3n) is 2.81. The number of aromatic nitrogens is 3. The van der Waals surface area contributed by atoms with Crippen molar-refractivity contribution in [2.24, 2.45) is 7.05 Å². The number of nitrogens with one attached hydrogen (secondary N) is 1. The Balaban J connectivity index is 2.30. The van der Waals surface area contributed by atoms with Crippen molar-refractivity contribution in [1.82, 2.24) is 14.8 Å². The molecule has 17 heavy (non-hydrogen) atoms. The van der Waals surface area contributed by atoms with Crippen molar-refractivity contribution < 1.29 is 0 Å². The van der Waals surface area contributed by atoms with Crippen LogP contribution in [-0.4, -0.2) is 14.8 Å². The van der Waals surface area contributed by atoms with Gasteiger partial charge in [0.1, 0.15) is 5.52 Å². The van der Waals surface area contributed by atoms with Crippen molar-refractivity contribution >= 4 is 10.9 Å². The molecule has 0 aliphatic rings. The van der Waals surface area contributed by atoms with Crippen LogP contribution in [0.2, 0.25) is 0 Å². The zero-order chi connectivity index (χ0) is 11.8. The van der Waals surface area contributed by atoms with Crippen molar-refractivity contribution in [3.63, 3.8) is 0 Å². The van der Waals surface area contributed by atoms with Crippen molar-refractivity contribution in [1.29, 1.82) is 0 Å². The van der Waals surface area contributed by atoms with Crippen LogP contribution in [0.1, 0.15) is 0 Å². The summed E-state index contributed by atoms with van der Waals surface area (Å²) in [5.41, 5.74) is 2.30. The van der Waals surface area contributed by atoms with Gasteiger partial charge in [0, 0.05) is 18.1 Å². The Morgan fingerprint density at radius 3 is 2.76 bits per heavy atom. The van der Waals surface area contributed by atoms with E-state index in [0.717, 1.165) is 16.6 Å². The summed E-state index contributed by atoms with van der Waals surface area (Å²) in [4.78, 5) is 14.8. The van der Waals surface area contributed by atoms with Gasteiger partial charge in [-0.1, -0.05) is 30.3 Å². The molecule has 0 bridgehead atoms. The number of rotatable bonds is 1. The summed E-state index contributed by atoms with van der Waals surface area (Å²) in [5.74, 6) is 0. The molecule has 0 spiro atoms. The van der Waals surface area contributed by atoms with Crippen molar-refractivity contribution in [2.75, 3.05) is 0 Å².